The summed E-state index contributed by atoms with van der Waals surface area (Å²) in [6.07, 6.45) is 1.17. The highest BCUT2D eigenvalue weighted by molar-refractivity contribution is 5.37. The number of ether oxygens (including phenoxy) is 1. The van der Waals surface area contributed by atoms with Gasteiger partial charge in [-0.1, -0.05) is 20.8 Å². The first-order chi connectivity index (χ1) is 9.25. The van der Waals surface area contributed by atoms with Crippen LogP contribution in [-0.4, -0.2) is 34.1 Å². The van der Waals surface area contributed by atoms with Gasteiger partial charge in [0.05, 0.1) is 6.10 Å². The first kappa shape index (κ1) is 14.8. The van der Waals surface area contributed by atoms with Crippen LogP contribution >= 0.6 is 0 Å². The van der Waals surface area contributed by atoms with E-state index in [-0.39, 0.29) is 12.1 Å². The zero-order chi connectivity index (χ0) is 14.9. The van der Waals surface area contributed by atoms with Crippen molar-refractivity contribution >= 4 is 11.9 Å². The largest absolute Gasteiger partial charge is 0.461 e. The van der Waals surface area contributed by atoms with Crippen LogP contribution in [0.5, 0.6) is 6.01 Å². The Labute approximate surface area is 120 Å². The molecule has 1 aliphatic rings. The van der Waals surface area contributed by atoms with E-state index in [0.29, 0.717) is 23.3 Å². The first-order valence-corrected chi connectivity index (χ1v) is 7.19. The zero-order valence-corrected chi connectivity index (χ0v) is 13.1. The standard InChI is InChI=1S/C14H25N5O/c1-9(2)20-13-17-11(15)16-12(18-13)19-7-6-10(8-19)14(3,4)5/h9-10H,6-8H2,1-5H3,(H2,15,16,17,18). The highest BCUT2D eigenvalue weighted by atomic mass is 16.5. The second-order valence-electron chi connectivity index (χ2n) is 6.74. The quantitative estimate of drug-likeness (QED) is 0.913. The molecule has 1 fully saturated rings. The molecule has 1 aromatic heterocycles. The Bertz CT molecular complexity index is 469. The fourth-order valence-corrected chi connectivity index (χ4v) is 2.41. The van der Waals surface area contributed by atoms with E-state index in [1.165, 1.54) is 0 Å². The summed E-state index contributed by atoms with van der Waals surface area (Å²) in [5.41, 5.74) is 6.05. The number of nitrogens with two attached hydrogens (primary N) is 1. The van der Waals surface area contributed by atoms with Gasteiger partial charge in [-0.3, -0.25) is 0 Å². The van der Waals surface area contributed by atoms with Crippen LogP contribution in [0.2, 0.25) is 0 Å². The number of rotatable bonds is 3. The number of hydrogen-bond donors (Lipinski definition) is 1. The Hall–Kier alpha value is -1.59. The Kier molecular flexibility index (Phi) is 4.01. The van der Waals surface area contributed by atoms with Gasteiger partial charge < -0.3 is 15.4 Å². The number of hydrogen-bond acceptors (Lipinski definition) is 6. The summed E-state index contributed by atoms with van der Waals surface area (Å²) in [7, 11) is 0. The van der Waals surface area contributed by atoms with Gasteiger partial charge >= 0.3 is 6.01 Å². The van der Waals surface area contributed by atoms with Gasteiger partial charge in [-0.25, -0.2) is 0 Å². The zero-order valence-electron chi connectivity index (χ0n) is 13.1. The molecule has 0 bridgehead atoms. The number of nitrogens with zero attached hydrogens (tertiary/aromatic N) is 4. The van der Waals surface area contributed by atoms with E-state index >= 15 is 0 Å². The Balaban J connectivity index is 2.15. The lowest BCUT2D eigenvalue weighted by atomic mass is 9.80. The number of aromatic nitrogens is 3. The average Bonchev–Trinajstić information content (AvgIpc) is 2.75. The van der Waals surface area contributed by atoms with Gasteiger partial charge in [0, 0.05) is 13.1 Å². The minimum absolute atomic E-state index is 0.0190. The van der Waals surface area contributed by atoms with E-state index in [9.17, 15) is 0 Å². The maximum Gasteiger partial charge on any atom is 0.323 e. The maximum absolute atomic E-state index is 5.75. The van der Waals surface area contributed by atoms with Crippen molar-refractivity contribution in [3.05, 3.63) is 0 Å². The lowest BCUT2D eigenvalue weighted by Crippen LogP contribution is -2.27. The Morgan fingerprint density at radius 2 is 1.95 bits per heavy atom. The summed E-state index contributed by atoms with van der Waals surface area (Å²) in [6, 6.07) is 0.307. The van der Waals surface area contributed by atoms with Crippen LogP contribution in [0.4, 0.5) is 11.9 Å². The molecule has 0 aliphatic carbocycles. The molecule has 20 heavy (non-hydrogen) atoms. The fraction of sp³-hybridized carbons (Fsp3) is 0.786. The predicted octanol–water partition coefficient (Wildman–Crippen LogP) is 2.11. The molecule has 1 atom stereocenters. The molecule has 6 heteroatoms. The molecule has 1 aliphatic heterocycles. The normalized spacial score (nSPS) is 19.7. The predicted molar refractivity (Wildman–Crippen MR) is 79.8 cm³/mol. The Morgan fingerprint density at radius 3 is 2.50 bits per heavy atom. The second kappa shape index (κ2) is 5.42. The van der Waals surface area contributed by atoms with Crippen LogP contribution in [0, 0.1) is 11.3 Å². The molecule has 0 spiro atoms. The van der Waals surface area contributed by atoms with E-state index in [1.807, 2.05) is 13.8 Å². The summed E-state index contributed by atoms with van der Waals surface area (Å²) in [4.78, 5) is 14.8. The monoisotopic (exact) mass is 279 g/mol. The second-order valence-corrected chi connectivity index (χ2v) is 6.74. The highest BCUT2D eigenvalue weighted by Crippen LogP contribution is 2.34. The maximum atomic E-state index is 5.75. The van der Waals surface area contributed by atoms with Gasteiger partial charge in [0.15, 0.2) is 0 Å². The molecule has 0 saturated carbocycles. The summed E-state index contributed by atoms with van der Waals surface area (Å²) < 4.78 is 5.52. The Morgan fingerprint density at radius 1 is 1.25 bits per heavy atom. The van der Waals surface area contributed by atoms with Gasteiger partial charge in [-0.05, 0) is 31.6 Å². The van der Waals surface area contributed by atoms with Gasteiger partial charge in [0.1, 0.15) is 0 Å². The van der Waals surface area contributed by atoms with Crippen LogP contribution in [0.1, 0.15) is 41.0 Å². The molecule has 0 radical (unpaired) electrons. The first-order valence-electron chi connectivity index (χ1n) is 7.19. The highest BCUT2D eigenvalue weighted by Gasteiger charge is 2.33. The fourth-order valence-electron chi connectivity index (χ4n) is 2.41. The van der Waals surface area contributed by atoms with Gasteiger partial charge in [0.25, 0.3) is 0 Å². The molecule has 2 rings (SSSR count). The SMILES string of the molecule is CC(C)Oc1nc(N)nc(N2CCC(C(C)(C)C)C2)n1. The summed E-state index contributed by atoms with van der Waals surface area (Å²) in [5, 5.41) is 0. The van der Waals surface area contributed by atoms with Gasteiger partial charge in [-0.2, -0.15) is 15.0 Å². The summed E-state index contributed by atoms with van der Waals surface area (Å²) in [5.74, 6) is 1.47. The van der Waals surface area contributed by atoms with Crippen molar-refractivity contribution in [1.29, 1.82) is 0 Å². The molecule has 2 heterocycles. The van der Waals surface area contributed by atoms with E-state index in [2.05, 4.69) is 40.6 Å². The van der Waals surface area contributed by atoms with Gasteiger partial charge in [0.2, 0.25) is 11.9 Å². The average molecular weight is 279 g/mol. The molecule has 112 valence electrons. The summed E-state index contributed by atoms with van der Waals surface area (Å²) in [6.45, 7) is 12.6. The van der Waals surface area contributed by atoms with E-state index in [4.69, 9.17) is 10.5 Å². The van der Waals surface area contributed by atoms with E-state index in [1.54, 1.807) is 0 Å². The molecular formula is C14H25N5O. The smallest absolute Gasteiger partial charge is 0.323 e. The van der Waals surface area contributed by atoms with E-state index < -0.39 is 0 Å². The molecule has 6 nitrogen and oxygen atoms in total. The van der Waals surface area contributed by atoms with Crippen LogP contribution in [0.25, 0.3) is 0 Å². The van der Waals surface area contributed by atoms with Crippen molar-refractivity contribution < 1.29 is 4.74 Å². The van der Waals surface area contributed by atoms with Crippen molar-refractivity contribution in [2.24, 2.45) is 11.3 Å². The third-order valence-corrected chi connectivity index (χ3v) is 3.66. The van der Waals surface area contributed by atoms with Crippen molar-refractivity contribution in [2.75, 3.05) is 23.7 Å². The van der Waals surface area contributed by atoms with Crippen molar-refractivity contribution in [3.63, 3.8) is 0 Å². The minimum atomic E-state index is 0.0190. The van der Waals surface area contributed by atoms with Crippen LogP contribution in [0.15, 0.2) is 0 Å². The van der Waals surface area contributed by atoms with Crippen molar-refractivity contribution in [3.8, 4) is 6.01 Å². The number of anilines is 2. The molecule has 1 saturated heterocycles. The molecule has 0 aromatic carbocycles. The van der Waals surface area contributed by atoms with Gasteiger partial charge in [-0.15, -0.1) is 0 Å². The number of nitrogen functional groups attached to an aromatic ring is 1. The topological polar surface area (TPSA) is 77.2 Å². The third kappa shape index (κ3) is 3.49. The van der Waals surface area contributed by atoms with Crippen LogP contribution in [-0.2, 0) is 0 Å². The van der Waals surface area contributed by atoms with Crippen molar-refractivity contribution in [2.45, 2.75) is 47.1 Å². The molecule has 1 aromatic rings. The third-order valence-electron chi connectivity index (χ3n) is 3.66. The molecular weight excluding hydrogens is 254 g/mol. The minimum Gasteiger partial charge on any atom is -0.461 e. The van der Waals surface area contributed by atoms with Crippen LogP contribution < -0.4 is 15.4 Å². The molecule has 0 amide bonds. The molecule has 1 unspecified atom stereocenters. The van der Waals surface area contributed by atoms with Crippen LogP contribution in [0.3, 0.4) is 0 Å². The van der Waals surface area contributed by atoms with Crippen molar-refractivity contribution in [1.82, 2.24) is 15.0 Å². The van der Waals surface area contributed by atoms with E-state index in [0.717, 1.165) is 19.5 Å². The lowest BCUT2D eigenvalue weighted by Gasteiger charge is -2.27. The lowest BCUT2D eigenvalue weighted by molar-refractivity contribution is 0.222. The summed E-state index contributed by atoms with van der Waals surface area (Å²) >= 11 is 0. The molecule has 2 N–H and O–H groups in total.